The molecule has 0 aliphatic heterocycles. The third-order valence-corrected chi connectivity index (χ3v) is 8.41. The van der Waals surface area contributed by atoms with Gasteiger partial charge < -0.3 is 10.4 Å². The number of amides is 2. The van der Waals surface area contributed by atoms with Gasteiger partial charge >= 0.3 is 12.2 Å². The van der Waals surface area contributed by atoms with E-state index in [0.29, 0.717) is 34.2 Å². The van der Waals surface area contributed by atoms with Gasteiger partial charge in [0.15, 0.2) is 11.5 Å². The van der Waals surface area contributed by atoms with Crippen LogP contribution in [0, 0.1) is 0 Å². The maximum Gasteiger partial charge on any atom is 0.416 e. The Bertz CT molecular complexity index is 2070. The number of carbonyl (C=O) groups excluding carboxylic acids is 1. The minimum atomic E-state index is -4.46. The lowest BCUT2D eigenvalue weighted by Crippen LogP contribution is -2.29. The Morgan fingerprint density at radius 2 is 1.64 bits per heavy atom. The molecule has 3 aromatic carbocycles. The first-order valence-electron chi connectivity index (χ1n) is 14.6. The third kappa shape index (κ3) is 6.94. The van der Waals surface area contributed by atoms with E-state index in [2.05, 4.69) is 25.9 Å². The second-order valence-corrected chi connectivity index (χ2v) is 12.9. The summed E-state index contributed by atoms with van der Waals surface area (Å²) in [6.07, 6.45) is -2.57. The van der Waals surface area contributed by atoms with Crippen molar-refractivity contribution in [2.75, 3.05) is 5.32 Å². The van der Waals surface area contributed by atoms with Crippen molar-refractivity contribution in [3.63, 3.8) is 0 Å². The monoisotopic (exact) mass is 657 g/mol. The zero-order valence-corrected chi connectivity index (χ0v) is 26.4. The summed E-state index contributed by atoms with van der Waals surface area (Å²) < 4.78 is 42.7. The number of nitrogens with one attached hydrogen (secondary N) is 2. The van der Waals surface area contributed by atoms with E-state index in [1.165, 1.54) is 28.6 Å². The number of anilines is 1. The Labute approximate surface area is 272 Å². The largest absolute Gasteiger partial charge is 0.507 e. The molecular weight excluding hydrogens is 627 g/mol. The predicted octanol–water partition coefficient (Wildman–Crippen LogP) is 8.08. The lowest BCUT2D eigenvalue weighted by atomic mass is 9.92. The van der Waals surface area contributed by atoms with Gasteiger partial charge in [-0.05, 0) is 60.2 Å². The minimum absolute atomic E-state index is 0.103. The molecule has 0 unspecified atom stereocenters. The number of aromatic nitrogens is 5. The number of rotatable bonds is 7. The highest BCUT2D eigenvalue weighted by molar-refractivity contribution is 7.99. The Morgan fingerprint density at radius 1 is 0.915 bits per heavy atom. The van der Waals surface area contributed by atoms with Gasteiger partial charge in [0.05, 0.1) is 22.5 Å². The number of phenols is 1. The average molecular weight is 658 g/mol. The first-order chi connectivity index (χ1) is 22.4. The average Bonchev–Trinajstić information content (AvgIpc) is 3.65. The van der Waals surface area contributed by atoms with Gasteiger partial charge in [0.2, 0.25) is 0 Å². The second kappa shape index (κ2) is 12.5. The Kier molecular flexibility index (Phi) is 8.41. The van der Waals surface area contributed by atoms with E-state index in [-0.39, 0.29) is 17.7 Å². The summed E-state index contributed by atoms with van der Waals surface area (Å²) in [5.74, 6) is 0.932. The molecule has 0 atom stereocenters. The first kappa shape index (κ1) is 31.7. The van der Waals surface area contributed by atoms with Gasteiger partial charge in [-0.3, -0.25) is 9.72 Å². The van der Waals surface area contributed by atoms with E-state index in [1.54, 1.807) is 24.3 Å². The van der Waals surface area contributed by atoms with Crippen LogP contribution in [0.3, 0.4) is 0 Å². The smallest absolute Gasteiger partial charge is 0.416 e. The quantitative estimate of drug-likeness (QED) is 0.160. The SMILES string of the molecule is CC(C)(C)c1cc(NC(=O)NCc2ccccc2Sc2ccc3nnc(-c4ccccc4O)n3c2)n(-c2ccc(C(F)(F)F)cc2)n1. The zero-order chi connectivity index (χ0) is 33.3. The number of benzene rings is 3. The molecule has 3 heterocycles. The van der Waals surface area contributed by atoms with Gasteiger partial charge in [-0.1, -0.05) is 62.9 Å². The lowest BCUT2D eigenvalue weighted by Gasteiger charge is -2.14. The molecular formula is C34H30F3N7O2S. The molecule has 0 aliphatic carbocycles. The minimum Gasteiger partial charge on any atom is -0.507 e. The Hall–Kier alpha value is -5.30. The van der Waals surface area contributed by atoms with Crippen molar-refractivity contribution >= 4 is 29.3 Å². The summed E-state index contributed by atoms with van der Waals surface area (Å²) >= 11 is 1.50. The van der Waals surface area contributed by atoms with Crippen LogP contribution in [0.1, 0.15) is 37.6 Å². The van der Waals surface area contributed by atoms with Gasteiger partial charge in [0, 0.05) is 34.0 Å². The second-order valence-electron chi connectivity index (χ2n) is 11.8. The van der Waals surface area contributed by atoms with Crippen LogP contribution in [-0.2, 0) is 18.1 Å². The maximum atomic E-state index is 13.1. The molecule has 3 N–H and O–H groups in total. The number of urea groups is 1. The van der Waals surface area contributed by atoms with Crippen molar-refractivity contribution in [1.82, 2.24) is 29.7 Å². The molecule has 0 fully saturated rings. The molecule has 47 heavy (non-hydrogen) atoms. The molecule has 0 saturated heterocycles. The van der Waals surface area contributed by atoms with Crippen LogP contribution in [0.25, 0.3) is 22.7 Å². The van der Waals surface area contributed by atoms with Crippen molar-refractivity contribution in [2.45, 2.75) is 48.7 Å². The number of pyridine rings is 1. The van der Waals surface area contributed by atoms with E-state index in [0.717, 1.165) is 27.5 Å². The van der Waals surface area contributed by atoms with Crippen LogP contribution in [0.4, 0.5) is 23.8 Å². The molecule has 0 bridgehead atoms. The first-order valence-corrected chi connectivity index (χ1v) is 15.4. The Balaban J connectivity index is 1.19. The molecule has 3 aromatic heterocycles. The number of carbonyl (C=O) groups is 1. The van der Waals surface area contributed by atoms with E-state index in [1.807, 2.05) is 73.8 Å². The molecule has 0 radical (unpaired) electrons. The number of nitrogens with zero attached hydrogens (tertiary/aromatic N) is 5. The molecule has 0 spiro atoms. The highest BCUT2D eigenvalue weighted by atomic mass is 32.2. The molecule has 240 valence electrons. The van der Waals surface area contributed by atoms with Crippen molar-refractivity contribution < 1.29 is 23.1 Å². The number of para-hydroxylation sites is 1. The van der Waals surface area contributed by atoms with E-state index in [9.17, 15) is 23.1 Å². The number of hydrogen-bond donors (Lipinski definition) is 3. The predicted molar refractivity (Wildman–Crippen MR) is 174 cm³/mol. The maximum absolute atomic E-state index is 13.1. The van der Waals surface area contributed by atoms with Crippen LogP contribution >= 0.6 is 11.8 Å². The van der Waals surface area contributed by atoms with Crippen molar-refractivity contribution in [3.8, 4) is 22.8 Å². The fraction of sp³-hybridized carbons (Fsp3) is 0.176. The van der Waals surface area contributed by atoms with Crippen molar-refractivity contribution in [3.05, 3.63) is 114 Å². The normalized spacial score (nSPS) is 12.0. The van der Waals surface area contributed by atoms with Crippen LogP contribution in [0.5, 0.6) is 5.75 Å². The van der Waals surface area contributed by atoms with Crippen LogP contribution in [0.15, 0.2) is 107 Å². The topological polar surface area (TPSA) is 109 Å². The van der Waals surface area contributed by atoms with Crippen LogP contribution < -0.4 is 10.6 Å². The summed E-state index contributed by atoms with van der Waals surface area (Å²) in [5.41, 5.74) is 1.94. The molecule has 6 rings (SSSR count). The highest BCUT2D eigenvalue weighted by Gasteiger charge is 2.30. The fourth-order valence-electron chi connectivity index (χ4n) is 4.82. The van der Waals surface area contributed by atoms with Crippen molar-refractivity contribution in [1.29, 1.82) is 0 Å². The number of phenolic OH excluding ortho intramolecular Hbond substituents is 1. The summed E-state index contributed by atoms with van der Waals surface area (Å²) in [5, 5.41) is 29.1. The fourth-order valence-corrected chi connectivity index (χ4v) is 5.78. The lowest BCUT2D eigenvalue weighted by molar-refractivity contribution is -0.137. The summed E-state index contributed by atoms with van der Waals surface area (Å²) in [7, 11) is 0. The summed E-state index contributed by atoms with van der Waals surface area (Å²) in [4.78, 5) is 14.9. The van der Waals surface area contributed by atoms with E-state index < -0.39 is 17.8 Å². The molecule has 6 aromatic rings. The molecule has 13 heteroatoms. The van der Waals surface area contributed by atoms with Crippen LogP contribution in [0.2, 0.25) is 0 Å². The van der Waals surface area contributed by atoms with Gasteiger partial charge in [0.25, 0.3) is 0 Å². The number of aromatic hydroxyl groups is 1. The van der Waals surface area contributed by atoms with Gasteiger partial charge in [-0.25, -0.2) is 9.48 Å². The number of alkyl halides is 3. The van der Waals surface area contributed by atoms with E-state index in [4.69, 9.17) is 0 Å². The molecule has 2 amide bonds. The molecule has 0 saturated carbocycles. The van der Waals surface area contributed by atoms with E-state index >= 15 is 0 Å². The highest BCUT2D eigenvalue weighted by Crippen LogP contribution is 2.34. The standard InChI is InChI=1S/C34H30F3N7O2S/c1-33(2,3)28-18-30(44(42-28)23-14-12-22(13-15-23)34(35,36)37)39-32(46)38-19-21-8-4-7-11-27(21)47-24-16-17-29-40-41-31(43(29)20-24)25-9-5-6-10-26(25)45/h4-18,20,45H,19H2,1-3H3,(H2,38,39,46). The summed E-state index contributed by atoms with van der Waals surface area (Å²) in [6.45, 7) is 6.07. The van der Waals surface area contributed by atoms with Crippen LogP contribution in [-0.4, -0.2) is 35.5 Å². The Morgan fingerprint density at radius 3 is 2.36 bits per heavy atom. The van der Waals surface area contributed by atoms with Gasteiger partial charge in [-0.2, -0.15) is 18.3 Å². The third-order valence-electron chi connectivity index (χ3n) is 7.32. The van der Waals surface area contributed by atoms with Crippen molar-refractivity contribution in [2.24, 2.45) is 0 Å². The number of halogens is 3. The summed E-state index contributed by atoms with van der Waals surface area (Å²) in [6, 6.07) is 24.2. The van der Waals surface area contributed by atoms with Gasteiger partial charge in [-0.15, -0.1) is 10.2 Å². The number of fused-ring (bicyclic) bond motifs is 1. The van der Waals surface area contributed by atoms with Gasteiger partial charge in [0.1, 0.15) is 11.6 Å². The molecule has 9 nitrogen and oxygen atoms in total. The number of hydrogen-bond acceptors (Lipinski definition) is 6. The molecule has 0 aliphatic rings. The zero-order valence-electron chi connectivity index (χ0n) is 25.6.